The van der Waals surface area contributed by atoms with E-state index >= 15 is 0 Å². The molecule has 2 aromatic heterocycles. The van der Waals surface area contributed by atoms with Gasteiger partial charge in [0, 0.05) is 17.3 Å². The fraction of sp³-hybridized carbons (Fsp3) is 0.200. The van der Waals surface area contributed by atoms with Crippen molar-refractivity contribution in [3.05, 3.63) is 29.2 Å². The number of nitrogens with zero attached hydrogens (tertiary/aromatic N) is 3. The van der Waals surface area contributed by atoms with Crippen LogP contribution in [0.15, 0.2) is 18.6 Å². The normalized spacial score (nSPS) is 10.3. The SMILES string of the molecule is Cc1sc(-c2cnccn2)nc1CC(=O)O. The zero-order valence-corrected chi connectivity index (χ0v) is 9.36. The van der Waals surface area contributed by atoms with Crippen LogP contribution in [-0.4, -0.2) is 26.0 Å². The first-order valence-corrected chi connectivity index (χ1v) is 5.43. The van der Waals surface area contributed by atoms with Gasteiger partial charge in [-0.25, -0.2) is 4.98 Å². The molecule has 0 bridgehead atoms. The van der Waals surface area contributed by atoms with Crippen LogP contribution in [-0.2, 0) is 11.2 Å². The Balaban J connectivity index is 2.34. The molecule has 0 atom stereocenters. The van der Waals surface area contributed by atoms with E-state index in [1.807, 2.05) is 6.92 Å². The van der Waals surface area contributed by atoms with Gasteiger partial charge in [0.2, 0.25) is 0 Å². The van der Waals surface area contributed by atoms with E-state index in [0.717, 1.165) is 4.88 Å². The Bertz CT molecular complexity index is 510. The molecule has 0 spiro atoms. The first-order valence-electron chi connectivity index (χ1n) is 4.61. The van der Waals surface area contributed by atoms with Crippen LogP contribution in [0.5, 0.6) is 0 Å². The van der Waals surface area contributed by atoms with Gasteiger partial charge in [-0.05, 0) is 6.92 Å². The lowest BCUT2D eigenvalue weighted by molar-refractivity contribution is -0.136. The minimum atomic E-state index is -0.876. The van der Waals surface area contributed by atoms with Crippen molar-refractivity contribution in [3.63, 3.8) is 0 Å². The van der Waals surface area contributed by atoms with Crippen molar-refractivity contribution in [1.29, 1.82) is 0 Å². The van der Waals surface area contributed by atoms with E-state index in [4.69, 9.17) is 5.11 Å². The Labute approximate surface area is 95.8 Å². The molecule has 0 saturated heterocycles. The maximum absolute atomic E-state index is 10.6. The van der Waals surface area contributed by atoms with Gasteiger partial charge in [-0.1, -0.05) is 0 Å². The molecule has 6 heteroatoms. The summed E-state index contributed by atoms with van der Waals surface area (Å²) in [5, 5.41) is 9.42. The van der Waals surface area contributed by atoms with Gasteiger partial charge in [0.25, 0.3) is 0 Å². The van der Waals surface area contributed by atoms with E-state index in [9.17, 15) is 4.79 Å². The predicted molar refractivity (Wildman–Crippen MR) is 59.2 cm³/mol. The summed E-state index contributed by atoms with van der Waals surface area (Å²) in [5.41, 5.74) is 1.27. The van der Waals surface area contributed by atoms with Gasteiger partial charge in [0.05, 0.1) is 18.3 Å². The number of aromatic nitrogens is 3. The highest BCUT2D eigenvalue weighted by Crippen LogP contribution is 2.25. The maximum atomic E-state index is 10.6. The molecule has 2 aromatic rings. The number of carboxylic acid groups (broad SMARTS) is 1. The predicted octanol–water partition coefficient (Wildman–Crippen LogP) is 1.54. The summed E-state index contributed by atoms with van der Waals surface area (Å²) in [7, 11) is 0. The molecular formula is C10H9N3O2S. The molecule has 5 nitrogen and oxygen atoms in total. The molecule has 2 rings (SSSR count). The first kappa shape index (κ1) is 10.7. The van der Waals surface area contributed by atoms with Gasteiger partial charge in [-0.15, -0.1) is 11.3 Å². The lowest BCUT2D eigenvalue weighted by Gasteiger charge is -1.92. The van der Waals surface area contributed by atoms with Gasteiger partial charge in [0.1, 0.15) is 10.7 Å². The van der Waals surface area contributed by atoms with Crippen LogP contribution in [0.2, 0.25) is 0 Å². The quantitative estimate of drug-likeness (QED) is 0.873. The van der Waals surface area contributed by atoms with Crippen LogP contribution in [0.1, 0.15) is 10.6 Å². The number of thiazole rings is 1. The molecule has 0 fully saturated rings. The Morgan fingerprint density at radius 1 is 1.50 bits per heavy atom. The van der Waals surface area contributed by atoms with Gasteiger partial charge in [0.15, 0.2) is 0 Å². The van der Waals surface area contributed by atoms with Crippen molar-refractivity contribution in [2.24, 2.45) is 0 Å². The number of rotatable bonds is 3. The number of hydrogen-bond donors (Lipinski definition) is 1. The Hall–Kier alpha value is -1.82. The number of aliphatic carboxylic acids is 1. The van der Waals surface area contributed by atoms with Crippen molar-refractivity contribution >= 4 is 17.3 Å². The maximum Gasteiger partial charge on any atom is 0.309 e. The lowest BCUT2D eigenvalue weighted by atomic mass is 10.3. The average Bonchev–Trinajstić information content (AvgIpc) is 2.61. The monoisotopic (exact) mass is 235 g/mol. The minimum absolute atomic E-state index is 0.0530. The Kier molecular flexibility index (Phi) is 2.91. The third kappa shape index (κ3) is 2.22. The summed E-state index contributed by atoms with van der Waals surface area (Å²) in [5.74, 6) is -0.876. The molecule has 1 N–H and O–H groups in total. The van der Waals surface area contributed by atoms with E-state index in [2.05, 4.69) is 15.0 Å². The molecule has 16 heavy (non-hydrogen) atoms. The van der Waals surface area contributed by atoms with Crippen LogP contribution in [0.4, 0.5) is 0 Å². The number of aryl methyl sites for hydroxylation is 1. The standard InChI is InChI=1S/C10H9N3O2S/c1-6-7(4-9(14)15)13-10(16-6)8-5-11-2-3-12-8/h2-3,5H,4H2,1H3,(H,14,15). The summed E-state index contributed by atoms with van der Waals surface area (Å²) in [4.78, 5) is 23.8. The number of carboxylic acids is 1. The van der Waals surface area contributed by atoms with E-state index < -0.39 is 5.97 Å². The average molecular weight is 235 g/mol. The van der Waals surface area contributed by atoms with Crippen molar-refractivity contribution in [3.8, 4) is 10.7 Å². The zero-order valence-electron chi connectivity index (χ0n) is 8.54. The molecule has 82 valence electrons. The van der Waals surface area contributed by atoms with E-state index in [-0.39, 0.29) is 6.42 Å². The molecular weight excluding hydrogens is 226 g/mol. The van der Waals surface area contributed by atoms with Crippen LogP contribution >= 0.6 is 11.3 Å². The number of hydrogen-bond acceptors (Lipinski definition) is 5. The van der Waals surface area contributed by atoms with Crippen LogP contribution in [0.3, 0.4) is 0 Å². The molecule has 0 aliphatic heterocycles. The highest BCUT2D eigenvalue weighted by atomic mass is 32.1. The van der Waals surface area contributed by atoms with Gasteiger partial charge < -0.3 is 5.11 Å². The molecule has 0 saturated carbocycles. The van der Waals surface area contributed by atoms with Gasteiger partial charge in [-0.3, -0.25) is 14.8 Å². The van der Waals surface area contributed by atoms with Crippen molar-refractivity contribution in [2.75, 3.05) is 0 Å². The second kappa shape index (κ2) is 4.36. The Morgan fingerprint density at radius 3 is 2.94 bits per heavy atom. The minimum Gasteiger partial charge on any atom is -0.481 e. The van der Waals surface area contributed by atoms with Crippen LogP contribution < -0.4 is 0 Å². The van der Waals surface area contributed by atoms with Crippen molar-refractivity contribution < 1.29 is 9.90 Å². The molecule has 0 aliphatic rings. The first-order chi connectivity index (χ1) is 7.66. The van der Waals surface area contributed by atoms with E-state index in [0.29, 0.717) is 16.4 Å². The fourth-order valence-corrected chi connectivity index (χ4v) is 2.15. The molecule has 0 amide bonds. The third-order valence-electron chi connectivity index (χ3n) is 1.99. The second-order valence-corrected chi connectivity index (χ2v) is 4.39. The van der Waals surface area contributed by atoms with Crippen LogP contribution in [0.25, 0.3) is 10.7 Å². The van der Waals surface area contributed by atoms with Crippen molar-refractivity contribution in [1.82, 2.24) is 15.0 Å². The fourth-order valence-electron chi connectivity index (χ4n) is 1.25. The summed E-state index contributed by atoms with van der Waals surface area (Å²) in [6, 6.07) is 0. The highest BCUT2D eigenvalue weighted by Gasteiger charge is 2.12. The molecule has 0 aliphatic carbocycles. The van der Waals surface area contributed by atoms with Crippen LogP contribution in [0, 0.1) is 6.92 Å². The largest absolute Gasteiger partial charge is 0.481 e. The highest BCUT2D eigenvalue weighted by molar-refractivity contribution is 7.15. The summed E-state index contributed by atoms with van der Waals surface area (Å²) >= 11 is 1.43. The zero-order chi connectivity index (χ0) is 11.5. The summed E-state index contributed by atoms with van der Waals surface area (Å²) < 4.78 is 0. The smallest absolute Gasteiger partial charge is 0.309 e. The summed E-state index contributed by atoms with van der Waals surface area (Å²) in [6.45, 7) is 1.86. The topological polar surface area (TPSA) is 76.0 Å². The summed E-state index contributed by atoms with van der Waals surface area (Å²) in [6.07, 6.45) is 4.73. The van der Waals surface area contributed by atoms with E-state index in [1.54, 1.807) is 18.6 Å². The van der Waals surface area contributed by atoms with Gasteiger partial charge in [-0.2, -0.15) is 0 Å². The molecule has 0 aromatic carbocycles. The third-order valence-corrected chi connectivity index (χ3v) is 3.03. The molecule has 0 radical (unpaired) electrons. The number of carbonyl (C=O) groups is 1. The molecule has 2 heterocycles. The lowest BCUT2D eigenvalue weighted by Crippen LogP contribution is -2.01. The Morgan fingerprint density at radius 2 is 2.31 bits per heavy atom. The second-order valence-electron chi connectivity index (χ2n) is 3.18. The molecule has 0 unspecified atom stereocenters. The van der Waals surface area contributed by atoms with E-state index in [1.165, 1.54) is 11.3 Å². The van der Waals surface area contributed by atoms with Gasteiger partial charge >= 0.3 is 5.97 Å². The van der Waals surface area contributed by atoms with Crippen molar-refractivity contribution in [2.45, 2.75) is 13.3 Å².